The summed E-state index contributed by atoms with van der Waals surface area (Å²) in [4.78, 5) is 25.5. The smallest absolute Gasteiger partial charge is 0.346 e. The molecule has 1 saturated carbocycles. The molecule has 6 aliphatic rings. The molecule has 37 heavy (non-hydrogen) atoms. The molecule has 0 aromatic heterocycles. The second kappa shape index (κ2) is 10.3. The number of allylic oxidation sites excluding steroid dienone is 6. The summed E-state index contributed by atoms with van der Waals surface area (Å²) >= 11 is 6.66. The van der Waals surface area contributed by atoms with Gasteiger partial charge in [0.2, 0.25) is 0 Å². The lowest BCUT2D eigenvalue weighted by Crippen LogP contribution is -2.65. The fraction of sp³-hybridized carbons (Fsp3) is 0.667. The number of amides is 2. The van der Waals surface area contributed by atoms with Gasteiger partial charge in [0.15, 0.2) is 0 Å². The van der Waals surface area contributed by atoms with Crippen molar-refractivity contribution in [3.8, 4) is 0 Å². The van der Waals surface area contributed by atoms with Gasteiger partial charge in [-0.1, -0.05) is 36.8 Å². The minimum atomic E-state index is -0.482. The second-order valence-corrected chi connectivity index (χ2v) is 12.6. The molecular weight excluding hydrogens is 487 g/mol. The van der Waals surface area contributed by atoms with E-state index < -0.39 is 5.54 Å². The summed E-state index contributed by atoms with van der Waals surface area (Å²) in [5, 5.41) is 0.00182. The maximum absolute atomic E-state index is 14.4. The van der Waals surface area contributed by atoms with Crippen LogP contribution < -0.4 is 0 Å². The third-order valence-corrected chi connectivity index (χ3v) is 10.2. The molecule has 5 nitrogen and oxygen atoms in total. The van der Waals surface area contributed by atoms with Crippen LogP contribution in [0.2, 0.25) is 0 Å². The molecule has 0 bridgehead atoms. The van der Waals surface area contributed by atoms with Crippen LogP contribution in [0.4, 0.5) is 9.18 Å². The van der Waals surface area contributed by atoms with Crippen LogP contribution in [0.25, 0.3) is 0 Å². The standard InChI is InChI=1S/C30H40ClFN4O/c1-21-19-30(14-16-34(21)20-22-7-4-8-22)28(33-29(37)36(30)26-11-5-10-24(32)18-26)35-15-6-12-25(35)17-23-9-2-3-13-27(23)31/h2-3,5,9-10,13,18,21-23,25-27H,4,6-8,11-12,14-17,19-20H2,1H3/t21-,23?,25?,26?,27?,30+/m0/s1. The molecule has 0 N–H and O–H groups in total. The first kappa shape index (κ1) is 25.4. The van der Waals surface area contributed by atoms with E-state index in [0.29, 0.717) is 18.5 Å². The van der Waals surface area contributed by atoms with Crippen molar-refractivity contribution in [1.82, 2.24) is 14.7 Å². The third-order valence-electron chi connectivity index (χ3n) is 9.78. The molecule has 7 heteroatoms. The lowest BCUT2D eigenvalue weighted by Gasteiger charge is -2.52. The van der Waals surface area contributed by atoms with Crippen molar-refractivity contribution in [1.29, 1.82) is 0 Å². The molecule has 1 spiro atoms. The number of hydrogen-bond acceptors (Lipinski definition) is 3. The van der Waals surface area contributed by atoms with Gasteiger partial charge in [0.1, 0.15) is 17.2 Å². The van der Waals surface area contributed by atoms with Gasteiger partial charge in [-0.15, -0.1) is 11.6 Å². The number of piperidine rings is 1. The Morgan fingerprint density at radius 2 is 2.00 bits per heavy atom. The van der Waals surface area contributed by atoms with Gasteiger partial charge in [0.05, 0.1) is 11.4 Å². The van der Waals surface area contributed by atoms with Crippen LogP contribution in [-0.2, 0) is 0 Å². The zero-order chi connectivity index (χ0) is 25.6. The fourth-order valence-corrected chi connectivity index (χ4v) is 7.89. The van der Waals surface area contributed by atoms with E-state index in [-0.39, 0.29) is 29.2 Å². The number of carbonyl (C=O) groups is 1. The highest BCUT2D eigenvalue weighted by molar-refractivity contribution is 6.22. The number of halogens is 2. The number of hydrogen-bond donors (Lipinski definition) is 0. The number of aliphatic imine (C=N–C) groups is 1. The van der Waals surface area contributed by atoms with Crippen LogP contribution in [0.3, 0.4) is 0 Å². The summed E-state index contributed by atoms with van der Waals surface area (Å²) in [5.74, 6) is 1.79. The Morgan fingerprint density at radius 3 is 2.73 bits per heavy atom. The summed E-state index contributed by atoms with van der Waals surface area (Å²) in [5.41, 5.74) is -0.482. The monoisotopic (exact) mass is 526 g/mol. The average Bonchev–Trinajstić information content (AvgIpc) is 3.40. The Bertz CT molecular complexity index is 1050. The molecule has 3 aliphatic carbocycles. The molecular formula is C30H40ClFN4O. The number of rotatable bonds is 5. The van der Waals surface area contributed by atoms with Gasteiger partial charge in [-0.2, -0.15) is 4.99 Å². The Balaban J connectivity index is 1.29. The van der Waals surface area contributed by atoms with Crippen molar-refractivity contribution in [2.24, 2.45) is 16.8 Å². The topological polar surface area (TPSA) is 39.1 Å². The highest BCUT2D eigenvalue weighted by Crippen LogP contribution is 2.44. The van der Waals surface area contributed by atoms with E-state index in [1.165, 1.54) is 25.3 Å². The lowest BCUT2D eigenvalue weighted by molar-refractivity contribution is 0.0328. The lowest BCUT2D eigenvalue weighted by atomic mass is 9.78. The van der Waals surface area contributed by atoms with E-state index in [1.54, 1.807) is 6.08 Å². The highest BCUT2D eigenvalue weighted by Gasteiger charge is 2.57. The second-order valence-electron chi connectivity index (χ2n) is 12.1. The molecule has 0 aromatic rings. The van der Waals surface area contributed by atoms with E-state index in [4.69, 9.17) is 16.6 Å². The highest BCUT2D eigenvalue weighted by atomic mass is 35.5. The molecule has 3 heterocycles. The predicted molar refractivity (Wildman–Crippen MR) is 148 cm³/mol. The molecule has 6 rings (SSSR count). The Morgan fingerprint density at radius 1 is 1.16 bits per heavy atom. The zero-order valence-electron chi connectivity index (χ0n) is 21.9. The number of nitrogens with zero attached hydrogens (tertiary/aromatic N) is 4. The third kappa shape index (κ3) is 4.73. The number of urea groups is 1. The van der Waals surface area contributed by atoms with Crippen molar-refractivity contribution < 1.29 is 9.18 Å². The largest absolute Gasteiger partial charge is 0.355 e. The molecule has 200 valence electrons. The Kier molecular flexibility index (Phi) is 7.08. The maximum atomic E-state index is 14.4. The zero-order valence-corrected chi connectivity index (χ0v) is 22.7. The van der Waals surface area contributed by atoms with Gasteiger partial charge >= 0.3 is 6.03 Å². The summed E-state index contributed by atoms with van der Waals surface area (Å²) in [7, 11) is 0. The van der Waals surface area contributed by atoms with E-state index in [0.717, 1.165) is 63.5 Å². The number of likely N-dealkylation sites (tertiary alicyclic amines) is 2. The Hall–Kier alpha value is -1.92. The van der Waals surface area contributed by atoms with Crippen molar-refractivity contribution >= 4 is 23.5 Å². The first-order valence-electron chi connectivity index (χ1n) is 14.4. The summed E-state index contributed by atoms with van der Waals surface area (Å²) in [6.07, 6.45) is 22.9. The summed E-state index contributed by atoms with van der Waals surface area (Å²) < 4.78 is 14.4. The molecule has 3 aliphatic heterocycles. The normalized spacial score (nSPS) is 38.5. The predicted octanol–water partition coefficient (Wildman–Crippen LogP) is 6.23. The van der Waals surface area contributed by atoms with Crippen LogP contribution in [0, 0.1) is 11.8 Å². The maximum Gasteiger partial charge on any atom is 0.346 e. The van der Waals surface area contributed by atoms with Gasteiger partial charge in [0.25, 0.3) is 0 Å². The first-order chi connectivity index (χ1) is 17.9. The molecule has 3 fully saturated rings. The van der Waals surface area contributed by atoms with E-state index in [1.807, 2.05) is 17.1 Å². The molecule has 4 unspecified atom stereocenters. The number of carbonyl (C=O) groups excluding carboxylic acids is 1. The van der Waals surface area contributed by atoms with Gasteiger partial charge in [-0.05, 0) is 82.3 Å². The minimum Gasteiger partial charge on any atom is -0.355 e. The number of amidine groups is 1. The van der Waals surface area contributed by atoms with Gasteiger partial charge in [-0.3, -0.25) is 0 Å². The molecule has 6 atom stereocenters. The van der Waals surface area contributed by atoms with E-state index in [9.17, 15) is 9.18 Å². The Labute approximate surface area is 225 Å². The van der Waals surface area contributed by atoms with Gasteiger partial charge < -0.3 is 14.7 Å². The SMILES string of the molecule is C[C@H]1C[C@]2(CCN1CC1CCC1)C(N1CCCC1CC1C=CC=CC1Cl)=NC(=O)N2C1C=C(F)C=CC1. The van der Waals surface area contributed by atoms with Gasteiger partial charge in [0, 0.05) is 31.7 Å². The van der Waals surface area contributed by atoms with E-state index >= 15 is 0 Å². The van der Waals surface area contributed by atoms with Gasteiger partial charge in [-0.25, -0.2) is 9.18 Å². The van der Waals surface area contributed by atoms with Crippen LogP contribution >= 0.6 is 11.6 Å². The van der Waals surface area contributed by atoms with Crippen molar-refractivity contribution in [3.63, 3.8) is 0 Å². The quantitative estimate of drug-likeness (QED) is 0.399. The molecule has 0 radical (unpaired) electrons. The van der Waals surface area contributed by atoms with Crippen molar-refractivity contribution in [2.45, 2.75) is 93.8 Å². The summed E-state index contributed by atoms with van der Waals surface area (Å²) in [6.45, 7) is 5.34. The summed E-state index contributed by atoms with van der Waals surface area (Å²) in [6, 6.07) is 0.178. The molecule has 0 aromatic carbocycles. The van der Waals surface area contributed by atoms with Crippen LogP contribution in [0.5, 0.6) is 0 Å². The van der Waals surface area contributed by atoms with E-state index in [2.05, 4.69) is 35.0 Å². The molecule has 2 saturated heterocycles. The van der Waals surface area contributed by atoms with Crippen LogP contribution in [0.1, 0.15) is 64.7 Å². The van der Waals surface area contributed by atoms with Crippen LogP contribution in [0.15, 0.2) is 53.4 Å². The van der Waals surface area contributed by atoms with Crippen molar-refractivity contribution in [2.75, 3.05) is 19.6 Å². The van der Waals surface area contributed by atoms with Crippen molar-refractivity contribution in [3.05, 3.63) is 48.4 Å². The fourth-order valence-electron chi connectivity index (χ4n) is 7.61. The molecule has 2 amide bonds. The van der Waals surface area contributed by atoms with Crippen LogP contribution in [-0.4, -0.2) is 75.2 Å². The minimum absolute atomic E-state index is 0.00182. The first-order valence-corrected chi connectivity index (χ1v) is 14.8. The average molecular weight is 527 g/mol. The number of alkyl halides is 1.